The average Bonchev–Trinajstić information content (AvgIpc) is 3.14. The summed E-state index contributed by atoms with van der Waals surface area (Å²) in [5.41, 5.74) is 4.53. The summed E-state index contributed by atoms with van der Waals surface area (Å²) in [4.78, 5) is 16.3. The first-order chi connectivity index (χ1) is 13.7. The topological polar surface area (TPSA) is 95.2 Å². The maximum Gasteiger partial charge on any atom is 0.257 e. The van der Waals surface area contributed by atoms with E-state index in [1.165, 1.54) is 32.2 Å². The SMILES string of the molecule is COc1ccc(/C=N\NC(=O)CSc2nc3ccccc3o2)c(OC)c1OC. The summed E-state index contributed by atoms with van der Waals surface area (Å²) in [6.45, 7) is 0. The van der Waals surface area contributed by atoms with Gasteiger partial charge in [-0.15, -0.1) is 0 Å². The van der Waals surface area contributed by atoms with Gasteiger partial charge in [-0.05, 0) is 24.3 Å². The zero-order valence-electron chi connectivity index (χ0n) is 15.6. The minimum absolute atomic E-state index is 0.118. The Labute approximate surface area is 165 Å². The molecule has 3 rings (SSSR count). The molecular weight excluding hydrogens is 382 g/mol. The van der Waals surface area contributed by atoms with Crippen LogP contribution in [0.3, 0.4) is 0 Å². The van der Waals surface area contributed by atoms with Gasteiger partial charge in [-0.3, -0.25) is 4.79 Å². The molecule has 1 amide bonds. The number of carbonyl (C=O) groups is 1. The van der Waals surface area contributed by atoms with E-state index in [-0.39, 0.29) is 11.7 Å². The molecule has 0 aliphatic rings. The predicted molar refractivity (Wildman–Crippen MR) is 107 cm³/mol. The van der Waals surface area contributed by atoms with Gasteiger partial charge in [-0.2, -0.15) is 5.10 Å². The Kier molecular flexibility index (Phi) is 6.38. The Balaban J connectivity index is 1.60. The van der Waals surface area contributed by atoms with E-state index in [4.69, 9.17) is 18.6 Å². The third kappa shape index (κ3) is 4.37. The van der Waals surface area contributed by atoms with Crippen LogP contribution in [0.4, 0.5) is 0 Å². The molecule has 0 radical (unpaired) electrons. The molecule has 0 fully saturated rings. The van der Waals surface area contributed by atoms with Gasteiger partial charge in [0.25, 0.3) is 11.1 Å². The van der Waals surface area contributed by atoms with Crippen LogP contribution >= 0.6 is 11.8 Å². The first kappa shape index (κ1) is 19.6. The molecule has 0 aliphatic carbocycles. The normalized spacial score (nSPS) is 11.0. The number of benzene rings is 2. The lowest BCUT2D eigenvalue weighted by atomic mass is 10.2. The molecule has 0 bridgehead atoms. The van der Waals surface area contributed by atoms with Gasteiger partial charge in [0.1, 0.15) is 5.52 Å². The van der Waals surface area contributed by atoms with Crippen molar-refractivity contribution in [2.45, 2.75) is 5.22 Å². The number of methoxy groups -OCH3 is 3. The van der Waals surface area contributed by atoms with Crippen LogP contribution in [0.25, 0.3) is 11.1 Å². The van der Waals surface area contributed by atoms with Crippen LogP contribution in [0, 0.1) is 0 Å². The lowest BCUT2D eigenvalue weighted by molar-refractivity contribution is -0.118. The van der Waals surface area contributed by atoms with Gasteiger partial charge in [-0.25, -0.2) is 10.4 Å². The first-order valence-corrected chi connectivity index (χ1v) is 9.24. The van der Waals surface area contributed by atoms with Crippen LogP contribution in [0.15, 0.2) is 51.1 Å². The van der Waals surface area contributed by atoms with Crippen molar-refractivity contribution in [1.82, 2.24) is 10.4 Å². The highest BCUT2D eigenvalue weighted by Crippen LogP contribution is 2.38. The quantitative estimate of drug-likeness (QED) is 0.352. The number of hydrogen-bond donors (Lipinski definition) is 1. The monoisotopic (exact) mass is 401 g/mol. The lowest BCUT2D eigenvalue weighted by Crippen LogP contribution is -2.19. The summed E-state index contributed by atoms with van der Waals surface area (Å²) in [5, 5.41) is 4.40. The molecule has 0 unspecified atom stereocenters. The molecular formula is C19H19N3O5S. The summed E-state index contributed by atoms with van der Waals surface area (Å²) < 4.78 is 21.5. The number of nitrogens with one attached hydrogen (secondary N) is 1. The molecule has 8 nitrogen and oxygen atoms in total. The molecule has 2 aromatic carbocycles. The number of fused-ring (bicyclic) bond motifs is 1. The molecule has 1 N–H and O–H groups in total. The van der Waals surface area contributed by atoms with Gasteiger partial charge in [-0.1, -0.05) is 23.9 Å². The second kappa shape index (κ2) is 9.14. The zero-order chi connectivity index (χ0) is 19.9. The van der Waals surface area contributed by atoms with Crippen LogP contribution in [0.2, 0.25) is 0 Å². The number of carbonyl (C=O) groups excluding carboxylic acids is 1. The summed E-state index contributed by atoms with van der Waals surface area (Å²) in [7, 11) is 4.58. The van der Waals surface area contributed by atoms with E-state index in [0.29, 0.717) is 33.6 Å². The van der Waals surface area contributed by atoms with E-state index in [0.717, 1.165) is 5.52 Å². The van der Waals surface area contributed by atoms with Crippen molar-refractivity contribution in [3.05, 3.63) is 42.0 Å². The highest BCUT2D eigenvalue weighted by atomic mass is 32.2. The van der Waals surface area contributed by atoms with Gasteiger partial charge in [0.15, 0.2) is 17.1 Å². The first-order valence-electron chi connectivity index (χ1n) is 8.25. The third-order valence-corrected chi connectivity index (χ3v) is 4.56. The van der Waals surface area contributed by atoms with Crippen LogP contribution in [0.5, 0.6) is 17.2 Å². The molecule has 28 heavy (non-hydrogen) atoms. The Bertz CT molecular complexity index is 969. The van der Waals surface area contributed by atoms with Crippen molar-refractivity contribution >= 4 is 35.0 Å². The van der Waals surface area contributed by atoms with Gasteiger partial charge < -0.3 is 18.6 Å². The molecule has 3 aromatic rings. The number of rotatable bonds is 8. The Hall–Kier alpha value is -3.20. The van der Waals surface area contributed by atoms with Gasteiger partial charge in [0, 0.05) is 5.56 Å². The lowest BCUT2D eigenvalue weighted by Gasteiger charge is -2.13. The molecule has 1 heterocycles. The fraction of sp³-hybridized carbons (Fsp3) is 0.211. The molecule has 146 valence electrons. The van der Waals surface area contributed by atoms with Crippen LogP contribution in [-0.4, -0.2) is 44.2 Å². The smallest absolute Gasteiger partial charge is 0.257 e. The average molecular weight is 401 g/mol. The summed E-state index contributed by atoms with van der Waals surface area (Å²) in [6.07, 6.45) is 1.47. The van der Waals surface area contributed by atoms with Gasteiger partial charge >= 0.3 is 0 Å². The number of amides is 1. The minimum Gasteiger partial charge on any atom is -0.493 e. The number of hydrogen-bond acceptors (Lipinski definition) is 8. The fourth-order valence-corrected chi connectivity index (χ4v) is 3.10. The van der Waals surface area contributed by atoms with Crippen molar-refractivity contribution in [2.75, 3.05) is 27.1 Å². The second-order valence-corrected chi connectivity index (χ2v) is 6.38. The predicted octanol–water partition coefficient (Wildman–Crippen LogP) is 3.10. The van der Waals surface area contributed by atoms with Crippen molar-refractivity contribution in [1.29, 1.82) is 0 Å². The van der Waals surface area contributed by atoms with Crippen molar-refractivity contribution in [2.24, 2.45) is 5.10 Å². The minimum atomic E-state index is -0.289. The van der Waals surface area contributed by atoms with E-state index in [9.17, 15) is 4.79 Å². The number of para-hydroxylation sites is 2. The fourth-order valence-electron chi connectivity index (χ4n) is 2.47. The standard InChI is InChI=1S/C19H19N3O5S/c1-24-15-9-8-12(17(25-2)18(15)26-3)10-20-22-16(23)11-28-19-21-13-6-4-5-7-14(13)27-19/h4-10H,11H2,1-3H3,(H,22,23)/b20-10-. The van der Waals surface area contributed by atoms with Gasteiger partial charge in [0.05, 0.1) is 33.3 Å². The van der Waals surface area contributed by atoms with E-state index in [2.05, 4.69) is 15.5 Å². The van der Waals surface area contributed by atoms with E-state index in [1.807, 2.05) is 24.3 Å². The molecule has 0 atom stereocenters. The Morgan fingerprint density at radius 2 is 1.93 bits per heavy atom. The van der Waals surface area contributed by atoms with E-state index in [1.54, 1.807) is 19.2 Å². The van der Waals surface area contributed by atoms with Gasteiger partial charge in [0.2, 0.25) is 5.75 Å². The second-order valence-electron chi connectivity index (χ2n) is 5.45. The molecule has 0 saturated carbocycles. The highest BCUT2D eigenvalue weighted by molar-refractivity contribution is 7.99. The molecule has 9 heteroatoms. The molecule has 0 spiro atoms. The van der Waals surface area contributed by atoms with Crippen molar-refractivity contribution < 1.29 is 23.4 Å². The number of nitrogens with zero attached hydrogens (tertiary/aromatic N) is 2. The highest BCUT2D eigenvalue weighted by Gasteiger charge is 2.14. The largest absolute Gasteiger partial charge is 0.493 e. The Morgan fingerprint density at radius 3 is 2.64 bits per heavy atom. The van der Waals surface area contributed by atoms with Crippen LogP contribution < -0.4 is 19.6 Å². The van der Waals surface area contributed by atoms with E-state index >= 15 is 0 Å². The number of hydrazone groups is 1. The van der Waals surface area contributed by atoms with Crippen molar-refractivity contribution in [3.8, 4) is 17.2 Å². The maximum absolute atomic E-state index is 12.0. The molecule has 0 saturated heterocycles. The number of oxazole rings is 1. The summed E-state index contributed by atoms with van der Waals surface area (Å²) in [6, 6.07) is 10.9. The number of ether oxygens (including phenoxy) is 3. The summed E-state index contributed by atoms with van der Waals surface area (Å²) >= 11 is 1.19. The van der Waals surface area contributed by atoms with Crippen molar-refractivity contribution in [3.63, 3.8) is 0 Å². The van der Waals surface area contributed by atoms with Crippen LogP contribution in [-0.2, 0) is 4.79 Å². The zero-order valence-corrected chi connectivity index (χ0v) is 16.4. The molecule has 1 aromatic heterocycles. The number of thioether (sulfide) groups is 1. The van der Waals surface area contributed by atoms with Crippen LogP contribution in [0.1, 0.15) is 5.56 Å². The summed E-state index contributed by atoms with van der Waals surface area (Å²) in [5.74, 6) is 1.28. The maximum atomic E-state index is 12.0. The molecule has 0 aliphatic heterocycles. The third-order valence-electron chi connectivity index (χ3n) is 3.73. The number of aromatic nitrogens is 1. The van der Waals surface area contributed by atoms with E-state index < -0.39 is 0 Å². The Morgan fingerprint density at radius 1 is 1.14 bits per heavy atom.